The number of carbonyl (C=O) groups is 2. The summed E-state index contributed by atoms with van der Waals surface area (Å²) in [6.07, 6.45) is 1.61. The fourth-order valence-electron chi connectivity index (χ4n) is 2.44. The number of hydrogen-bond acceptors (Lipinski definition) is 2. The monoisotopic (exact) mass is 280 g/mol. The van der Waals surface area contributed by atoms with E-state index in [4.69, 9.17) is 5.11 Å². The quantitative estimate of drug-likeness (QED) is 0.892. The summed E-state index contributed by atoms with van der Waals surface area (Å²) in [7, 11) is 1.48. The maximum Gasteiger partial charge on any atom is 0.321 e. The van der Waals surface area contributed by atoms with Crippen LogP contribution in [0.4, 0.5) is 14.9 Å². The highest BCUT2D eigenvalue weighted by Crippen LogP contribution is 2.26. The van der Waals surface area contributed by atoms with Crippen molar-refractivity contribution in [1.82, 2.24) is 5.32 Å². The van der Waals surface area contributed by atoms with Crippen molar-refractivity contribution in [3.63, 3.8) is 0 Å². The molecule has 0 heterocycles. The number of rotatable bonds is 3. The molecule has 2 amide bonds. The molecule has 6 heteroatoms. The van der Waals surface area contributed by atoms with Gasteiger partial charge in [0.05, 0.1) is 11.6 Å². The van der Waals surface area contributed by atoms with Gasteiger partial charge in [-0.05, 0) is 31.4 Å². The Bertz CT molecular complexity index is 521. The standard InChI is InChI=1S/C14H17FN2O3/c1-17(12-5-3-2-4-11(12)15)14(20)16-10-7-6-9(8-10)13(18)19/h2-5,9-10H,6-8H2,1H3,(H,16,20)(H,18,19). The molecule has 0 radical (unpaired) electrons. The molecule has 1 aliphatic carbocycles. The van der Waals surface area contributed by atoms with Crippen molar-refractivity contribution in [2.24, 2.45) is 5.92 Å². The minimum atomic E-state index is -0.829. The molecule has 1 fully saturated rings. The number of benzene rings is 1. The first-order chi connectivity index (χ1) is 9.49. The number of urea groups is 1. The van der Waals surface area contributed by atoms with E-state index in [0.29, 0.717) is 19.3 Å². The Balaban J connectivity index is 1.96. The predicted molar refractivity (Wildman–Crippen MR) is 72.1 cm³/mol. The van der Waals surface area contributed by atoms with Gasteiger partial charge in [0.1, 0.15) is 5.82 Å². The minimum absolute atomic E-state index is 0.169. The van der Waals surface area contributed by atoms with Gasteiger partial charge in [0.2, 0.25) is 0 Å². The fraction of sp³-hybridized carbons (Fsp3) is 0.429. The highest BCUT2D eigenvalue weighted by atomic mass is 19.1. The van der Waals surface area contributed by atoms with Crippen LogP contribution in [0.25, 0.3) is 0 Å². The smallest absolute Gasteiger partial charge is 0.321 e. The summed E-state index contributed by atoms with van der Waals surface area (Å²) in [6.45, 7) is 0. The van der Waals surface area contributed by atoms with Crippen LogP contribution in [-0.4, -0.2) is 30.2 Å². The fourth-order valence-corrected chi connectivity index (χ4v) is 2.44. The topological polar surface area (TPSA) is 69.6 Å². The normalized spacial score (nSPS) is 21.5. The molecule has 0 saturated heterocycles. The lowest BCUT2D eigenvalue weighted by Crippen LogP contribution is -2.42. The zero-order valence-electron chi connectivity index (χ0n) is 11.2. The van der Waals surface area contributed by atoms with Gasteiger partial charge in [0.25, 0.3) is 0 Å². The largest absolute Gasteiger partial charge is 0.481 e. The van der Waals surface area contributed by atoms with E-state index in [-0.39, 0.29) is 11.7 Å². The lowest BCUT2D eigenvalue weighted by molar-refractivity contribution is -0.141. The van der Waals surface area contributed by atoms with E-state index < -0.39 is 23.7 Å². The lowest BCUT2D eigenvalue weighted by atomic mass is 10.1. The van der Waals surface area contributed by atoms with E-state index >= 15 is 0 Å². The molecule has 2 unspecified atom stereocenters. The number of aliphatic carboxylic acids is 1. The van der Waals surface area contributed by atoms with Crippen molar-refractivity contribution >= 4 is 17.7 Å². The van der Waals surface area contributed by atoms with E-state index in [9.17, 15) is 14.0 Å². The summed E-state index contributed by atoms with van der Waals surface area (Å²) >= 11 is 0. The second kappa shape index (κ2) is 5.90. The summed E-state index contributed by atoms with van der Waals surface area (Å²) in [4.78, 5) is 24.1. The number of halogens is 1. The molecule has 2 N–H and O–H groups in total. The molecule has 0 aliphatic heterocycles. The Hall–Kier alpha value is -2.11. The van der Waals surface area contributed by atoms with Gasteiger partial charge in [-0.15, -0.1) is 0 Å². The van der Waals surface area contributed by atoms with Gasteiger partial charge in [-0.2, -0.15) is 0 Å². The third-order valence-corrected chi connectivity index (χ3v) is 3.63. The first kappa shape index (κ1) is 14.3. The van der Waals surface area contributed by atoms with E-state index in [1.54, 1.807) is 12.1 Å². The Kier molecular flexibility index (Phi) is 4.22. The summed E-state index contributed by atoms with van der Waals surface area (Å²) in [6, 6.07) is 5.42. The van der Waals surface area contributed by atoms with E-state index in [1.165, 1.54) is 24.1 Å². The number of nitrogens with zero attached hydrogens (tertiary/aromatic N) is 1. The average molecular weight is 280 g/mol. The van der Waals surface area contributed by atoms with Crippen LogP contribution in [0.1, 0.15) is 19.3 Å². The highest BCUT2D eigenvalue weighted by Gasteiger charge is 2.31. The molecule has 0 spiro atoms. The van der Waals surface area contributed by atoms with Gasteiger partial charge in [-0.1, -0.05) is 12.1 Å². The number of para-hydroxylation sites is 1. The van der Waals surface area contributed by atoms with E-state index in [2.05, 4.69) is 5.32 Å². The summed E-state index contributed by atoms with van der Waals surface area (Å²) in [5, 5.41) is 11.7. The third kappa shape index (κ3) is 3.07. The summed E-state index contributed by atoms with van der Waals surface area (Å²) < 4.78 is 13.6. The molecule has 2 atom stereocenters. The van der Waals surface area contributed by atoms with Crippen molar-refractivity contribution in [1.29, 1.82) is 0 Å². The highest BCUT2D eigenvalue weighted by molar-refractivity contribution is 5.91. The number of carbonyl (C=O) groups excluding carboxylic acids is 1. The molecule has 2 rings (SSSR count). The van der Waals surface area contributed by atoms with Crippen molar-refractivity contribution in [2.75, 3.05) is 11.9 Å². The summed E-state index contributed by atoms with van der Waals surface area (Å²) in [5.41, 5.74) is 0.192. The average Bonchev–Trinajstić information content (AvgIpc) is 2.87. The molecule has 1 aromatic rings. The maximum absolute atomic E-state index is 13.6. The van der Waals surface area contributed by atoms with Gasteiger partial charge in [0.15, 0.2) is 0 Å². The van der Waals surface area contributed by atoms with Crippen LogP contribution in [-0.2, 0) is 4.79 Å². The number of nitrogens with one attached hydrogen (secondary N) is 1. The molecule has 0 aromatic heterocycles. The van der Waals surface area contributed by atoms with Crippen LogP contribution < -0.4 is 10.2 Å². The van der Waals surface area contributed by atoms with Gasteiger partial charge in [0, 0.05) is 13.1 Å². The second-order valence-corrected chi connectivity index (χ2v) is 5.01. The van der Waals surface area contributed by atoms with Gasteiger partial charge in [-0.3, -0.25) is 9.69 Å². The lowest BCUT2D eigenvalue weighted by Gasteiger charge is -2.21. The van der Waals surface area contributed by atoms with Crippen LogP contribution in [0.5, 0.6) is 0 Å². The van der Waals surface area contributed by atoms with Crippen molar-refractivity contribution in [3.8, 4) is 0 Å². The Morgan fingerprint density at radius 3 is 2.65 bits per heavy atom. The second-order valence-electron chi connectivity index (χ2n) is 5.01. The van der Waals surface area contributed by atoms with Crippen LogP contribution >= 0.6 is 0 Å². The zero-order chi connectivity index (χ0) is 14.7. The molecule has 1 saturated carbocycles. The SMILES string of the molecule is CN(C(=O)NC1CCC(C(=O)O)C1)c1ccccc1F. The van der Waals surface area contributed by atoms with E-state index in [0.717, 1.165) is 0 Å². The third-order valence-electron chi connectivity index (χ3n) is 3.63. The first-order valence-corrected chi connectivity index (χ1v) is 6.50. The molecule has 108 valence electrons. The molecular weight excluding hydrogens is 263 g/mol. The predicted octanol–water partition coefficient (Wildman–Crippen LogP) is 2.22. The van der Waals surface area contributed by atoms with Crippen LogP contribution in [0.2, 0.25) is 0 Å². The molecule has 20 heavy (non-hydrogen) atoms. The molecule has 0 bridgehead atoms. The number of amides is 2. The van der Waals surface area contributed by atoms with Gasteiger partial charge >= 0.3 is 12.0 Å². The van der Waals surface area contributed by atoms with Crippen molar-refractivity contribution in [3.05, 3.63) is 30.1 Å². The van der Waals surface area contributed by atoms with E-state index in [1.807, 2.05) is 0 Å². The Morgan fingerprint density at radius 2 is 2.05 bits per heavy atom. The summed E-state index contributed by atoms with van der Waals surface area (Å²) in [5.74, 6) is -1.71. The Labute approximate surface area is 116 Å². The van der Waals surface area contributed by atoms with Crippen LogP contribution in [0, 0.1) is 11.7 Å². The minimum Gasteiger partial charge on any atom is -0.481 e. The zero-order valence-corrected chi connectivity index (χ0v) is 11.2. The van der Waals surface area contributed by atoms with Gasteiger partial charge < -0.3 is 10.4 Å². The molecule has 1 aromatic carbocycles. The molecular formula is C14H17FN2O3. The van der Waals surface area contributed by atoms with Crippen molar-refractivity contribution < 1.29 is 19.1 Å². The van der Waals surface area contributed by atoms with Crippen LogP contribution in [0.3, 0.4) is 0 Å². The van der Waals surface area contributed by atoms with Crippen LogP contribution in [0.15, 0.2) is 24.3 Å². The van der Waals surface area contributed by atoms with Crippen molar-refractivity contribution in [2.45, 2.75) is 25.3 Å². The number of hydrogen-bond donors (Lipinski definition) is 2. The first-order valence-electron chi connectivity index (χ1n) is 6.50. The number of carboxylic acids is 1. The Morgan fingerprint density at radius 1 is 1.35 bits per heavy atom. The molecule has 1 aliphatic rings. The maximum atomic E-state index is 13.6. The van der Waals surface area contributed by atoms with Gasteiger partial charge in [-0.25, -0.2) is 9.18 Å². The molecule has 5 nitrogen and oxygen atoms in total. The number of anilines is 1. The number of carboxylic acid groups (broad SMARTS) is 1.